The number of ether oxygens (including phenoxy) is 3. The van der Waals surface area contributed by atoms with Gasteiger partial charge in [-0.2, -0.15) is 0 Å². The molecule has 2 saturated heterocycles. The molecule has 32 heavy (non-hydrogen) atoms. The topological polar surface area (TPSA) is 142 Å². The normalized spacial score (nSPS) is 30.1. The summed E-state index contributed by atoms with van der Waals surface area (Å²) in [6.45, 7) is 3.83. The average molecular weight is 509 g/mol. The Balaban J connectivity index is 1.79. The van der Waals surface area contributed by atoms with Gasteiger partial charge in [0.1, 0.15) is 0 Å². The lowest BCUT2D eigenvalue weighted by Crippen LogP contribution is -2.52. The smallest absolute Gasteiger partial charge is 0.305 e. The zero-order valence-corrected chi connectivity index (χ0v) is 18.7. The van der Waals surface area contributed by atoms with Gasteiger partial charge < -0.3 is 14.2 Å². The Bertz CT molecular complexity index is 1100. The van der Waals surface area contributed by atoms with Crippen molar-refractivity contribution in [2.75, 3.05) is 4.90 Å². The molecule has 0 aliphatic carbocycles. The molecule has 11 nitrogen and oxygen atoms in total. The van der Waals surface area contributed by atoms with Crippen molar-refractivity contribution >= 4 is 51.1 Å². The van der Waals surface area contributed by atoms with Gasteiger partial charge in [-0.1, -0.05) is 6.08 Å². The number of amides is 2. The van der Waals surface area contributed by atoms with Crippen molar-refractivity contribution in [3.63, 3.8) is 0 Å². The molecule has 0 unspecified atom stereocenters. The number of carbonyl (C=O) groups excluding carboxylic acids is 4. The zero-order valence-electron chi connectivity index (χ0n) is 17.1. The maximum atomic E-state index is 13.5. The fourth-order valence-electron chi connectivity index (χ4n) is 4.59. The van der Waals surface area contributed by atoms with Crippen LogP contribution in [0.15, 0.2) is 34.8 Å². The number of rotatable bonds is 5. The minimum Gasteiger partial charge on any atom is -0.422 e. The number of anilines is 1. The Hall–Kier alpha value is -3.12. The third-order valence-electron chi connectivity index (χ3n) is 5.78. The van der Waals surface area contributed by atoms with Gasteiger partial charge in [0, 0.05) is 30.5 Å². The zero-order chi connectivity index (χ0) is 23.6. The van der Waals surface area contributed by atoms with Crippen molar-refractivity contribution in [3.05, 3.63) is 44.9 Å². The maximum absolute atomic E-state index is 13.5. The van der Waals surface area contributed by atoms with E-state index >= 15 is 0 Å². The van der Waals surface area contributed by atoms with E-state index in [1.54, 1.807) is 13.0 Å². The lowest BCUT2D eigenvalue weighted by atomic mass is 9.72. The Labute approximate surface area is 189 Å². The summed E-state index contributed by atoms with van der Waals surface area (Å²) >= 11 is 3.19. The van der Waals surface area contributed by atoms with E-state index in [1.165, 1.54) is 24.3 Å². The van der Waals surface area contributed by atoms with E-state index in [0.29, 0.717) is 0 Å². The Kier molecular flexibility index (Phi) is 4.97. The third-order valence-corrected chi connectivity index (χ3v) is 6.41. The summed E-state index contributed by atoms with van der Waals surface area (Å²) in [5.74, 6) is -4.95. The molecule has 3 aliphatic rings. The largest absolute Gasteiger partial charge is 0.422 e. The van der Waals surface area contributed by atoms with Gasteiger partial charge in [0.15, 0.2) is 5.60 Å². The molecule has 4 rings (SSSR count). The van der Waals surface area contributed by atoms with E-state index in [4.69, 9.17) is 14.2 Å². The second kappa shape index (κ2) is 7.20. The van der Waals surface area contributed by atoms with E-state index in [0.717, 1.165) is 18.7 Å². The van der Waals surface area contributed by atoms with Crippen LogP contribution < -0.4 is 4.90 Å². The monoisotopic (exact) mass is 508 g/mol. The first kappa shape index (κ1) is 22.1. The Morgan fingerprint density at radius 2 is 1.75 bits per heavy atom. The lowest BCUT2D eigenvalue weighted by Gasteiger charge is -2.34. The molecule has 2 bridgehead atoms. The molecule has 1 aromatic carbocycles. The van der Waals surface area contributed by atoms with Gasteiger partial charge in [0.2, 0.25) is 11.8 Å². The van der Waals surface area contributed by atoms with Crippen LogP contribution in [0.2, 0.25) is 0 Å². The molecule has 0 N–H and O–H groups in total. The van der Waals surface area contributed by atoms with Gasteiger partial charge in [-0.05, 0) is 35.0 Å². The first-order valence-corrected chi connectivity index (χ1v) is 10.3. The molecule has 4 atom stereocenters. The van der Waals surface area contributed by atoms with Gasteiger partial charge in [-0.3, -0.25) is 29.3 Å². The van der Waals surface area contributed by atoms with E-state index < -0.39 is 58.0 Å². The van der Waals surface area contributed by atoms with Crippen LogP contribution in [0, 0.1) is 22.0 Å². The number of fused-ring (bicyclic) bond motifs is 5. The molecular weight excluding hydrogens is 492 g/mol. The average Bonchev–Trinajstić information content (AvgIpc) is 3.27. The number of esters is 2. The lowest BCUT2D eigenvalue weighted by molar-refractivity contribution is -0.384. The van der Waals surface area contributed by atoms with Crippen molar-refractivity contribution in [2.45, 2.75) is 38.3 Å². The van der Waals surface area contributed by atoms with Crippen LogP contribution >= 0.6 is 15.9 Å². The van der Waals surface area contributed by atoms with Crippen molar-refractivity contribution in [1.82, 2.24) is 0 Å². The molecule has 0 radical (unpaired) electrons. The van der Waals surface area contributed by atoms with Gasteiger partial charge in [0.25, 0.3) is 12.0 Å². The number of carbonyl (C=O) groups is 4. The Morgan fingerprint density at radius 3 is 2.28 bits per heavy atom. The molecule has 0 aromatic heterocycles. The summed E-state index contributed by atoms with van der Waals surface area (Å²) < 4.78 is 16.6. The molecule has 168 valence electrons. The van der Waals surface area contributed by atoms with Gasteiger partial charge in [0.05, 0.1) is 28.0 Å². The van der Waals surface area contributed by atoms with E-state index in [1.807, 2.05) is 0 Å². The Morgan fingerprint density at radius 1 is 1.16 bits per heavy atom. The number of nitrogens with zero attached hydrogens (tertiary/aromatic N) is 2. The second-order valence-electron chi connectivity index (χ2n) is 7.88. The number of nitro groups is 1. The van der Waals surface area contributed by atoms with E-state index in [9.17, 15) is 29.3 Å². The summed E-state index contributed by atoms with van der Waals surface area (Å²) in [5.41, 5.74) is -3.03. The van der Waals surface area contributed by atoms with E-state index in [2.05, 4.69) is 15.9 Å². The predicted octanol–water partition coefficient (Wildman–Crippen LogP) is 2.01. The minimum atomic E-state index is -1.70. The molecule has 0 saturated carbocycles. The number of hydrogen-bond donors (Lipinski definition) is 0. The summed E-state index contributed by atoms with van der Waals surface area (Å²) in [4.78, 5) is 61.6. The maximum Gasteiger partial charge on any atom is 0.305 e. The van der Waals surface area contributed by atoms with Crippen molar-refractivity contribution < 1.29 is 38.3 Å². The van der Waals surface area contributed by atoms with Crippen LogP contribution in [-0.4, -0.2) is 46.2 Å². The van der Waals surface area contributed by atoms with Crippen LogP contribution in [0.25, 0.3) is 0 Å². The van der Waals surface area contributed by atoms with Crippen molar-refractivity contribution in [3.8, 4) is 0 Å². The van der Waals surface area contributed by atoms with Gasteiger partial charge >= 0.3 is 11.9 Å². The highest BCUT2D eigenvalue weighted by molar-refractivity contribution is 9.10. The van der Waals surface area contributed by atoms with Gasteiger partial charge in [-0.15, -0.1) is 0 Å². The number of benzene rings is 1. The number of hydrogen-bond acceptors (Lipinski definition) is 9. The minimum absolute atomic E-state index is 0.120. The molecule has 12 heteroatoms. The summed E-state index contributed by atoms with van der Waals surface area (Å²) in [6.07, 6.45) is 1.46. The summed E-state index contributed by atoms with van der Waals surface area (Å²) in [7, 11) is 0. The highest BCUT2D eigenvalue weighted by atomic mass is 79.9. The quantitative estimate of drug-likeness (QED) is 0.145. The molecule has 2 amide bonds. The molecule has 3 heterocycles. The number of non-ortho nitro benzene ring substituents is 1. The van der Waals surface area contributed by atoms with Crippen LogP contribution in [0.4, 0.5) is 11.4 Å². The molecular formula is C20H17BrN2O9. The number of nitro benzene ring substituents is 1. The van der Waals surface area contributed by atoms with Gasteiger partial charge in [-0.25, -0.2) is 4.90 Å². The molecule has 2 fully saturated rings. The highest BCUT2D eigenvalue weighted by Gasteiger charge is 2.76. The molecule has 3 aliphatic heterocycles. The molecule has 1 aromatic rings. The number of halogens is 1. The first-order valence-electron chi connectivity index (χ1n) is 9.48. The third kappa shape index (κ3) is 3.05. The predicted molar refractivity (Wildman–Crippen MR) is 109 cm³/mol. The SMILES string of the molecule is CC(=O)OC(OC(C)=O)[C@@]12C=C[C@@](C)(O1)[C@@H]1C(=O)N(c3ccc([N+](=O)[O-])cc3Br)C(=O)[C@H]12. The highest BCUT2D eigenvalue weighted by Crippen LogP contribution is 2.59. The van der Waals surface area contributed by atoms with Crippen molar-refractivity contribution in [1.29, 1.82) is 0 Å². The number of imide groups is 1. The standard InChI is InChI=1S/C20H17BrN2O9/c1-9(24)30-18(31-10(2)25)20-7-6-19(3,32-20)14-15(20)17(27)22(16(14)26)13-5-4-11(23(28)29)8-12(13)21/h4-8,14-15,18H,1-3H3/t14-,15-,19+,20-/m0/s1. The summed E-state index contributed by atoms with van der Waals surface area (Å²) in [5, 5.41) is 11.0. The van der Waals surface area contributed by atoms with Crippen LogP contribution in [0.3, 0.4) is 0 Å². The van der Waals surface area contributed by atoms with E-state index in [-0.39, 0.29) is 15.8 Å². The first-order chi connectivity index (χ1) is 14.9. The fourth-order valence-corrected chi connectivity index (χ4v) is 5.14. The van der Waals surface area contributed by atoms with Crippen LogP contribution in [0.5, 0.6) is 0 Å². The van der Waals surface area contributed by atoms with Crippen LogP contribution in [-0.2, 0) is 33.4 Å². The summed E-state index contributed by atoms with van der Waals surface area (Å²) in [6, 6.07) is 3.65. The van der Waals surface area contributed by atoms with Crippen molar-refractivity contribution in [2.24, 2.45) is 11.8 Å². The second-order valence-corrected chi connectivity index (χ2v) is 8.74. The van der Waals surface area contributed by atoms with Crippen LogP contribution in [0.1, 0.15) is 20.8 Å². The fraction of sp³-hybridized carbons (Fsp3) is 0.400. The molecule has 0 spiro atoms.